The first-order chi connectivity index (χ1) is 7.62. The van der Waals surface area contributed by atoms with Crippen LogP contribution in [0.4, 0.5) is 0 Å². The van der Waals surface area contributed by atoms with Crippen molar-refractivity contribution in [2.75, 3.05) is 11.8 Å². The predicted molar refractivity (Wildman–Crippen MR) is 70.3 cm³/mol. The highest BCUT2D eigenvalue weighted by molar-refractivity contribution is 7.90. The molecule has 0 atom stereocenters. The SMILES string of the molecule is CCCCCCCCCCNS(=O)(=O)CCl. The van der Waals surface area contributed by atoms with E-state index in [1.807, 2.05) is 0 Å². The predicted octanol–water partition coefficient (Wildman–Crippen LogP) is 3.24. The van der Waals surface area contributed by atoms with E-state index in [1.165, 1.54) is 38.5 Å². The Morgan fingerprint density at radius 1 is 0.938 bits per heavy atom. The summed E-state index contributed by atoms with van der Waals surface area (Å²) in [5.41, 5.74) is 0. The summed E-state index contributed by atoms with van der Waals surface area (Å²) in [6.07, 6.45) is 9.71. The van der Waals surface area contributed by atoms with Crippen molar-refractivity contribution in [3.05, 3.63) is 0 Å². The van der Waals surface area contributed by atoms with Crippen molar-refractivity contribution in [1.29, 1.82) is 0 Å². The lowest BCUT2D eigenvalue weighted by Gasteiger charge is -2.03. The molecule has 0 aliphatic rings. The molecular weight excluding hydrogens is 246 g/mol. The van der Waals surface area contributed by atoms with Gasteiger partial charge in [-0.25, -0.2) is 13.1 Å². The molecule has 1 N–H and O–H groups in total. The van der Waals surface area contributed by atoms with E-state index in [2.05, 4.69) is 11.6 Å². The Morgan fingerprint density at radius 2 is 1.44 bits per heavy atom. The number of unbranched alkanes of at least 4 members (excludes halogenated alkanes) is 7. The Morgan fingerprint density at radius 3 is 1.94 bits per heavy atom. The Labute approximate surface area is 105 Å². The van der Waals surface area contributed by atoms with Crippen LogP contribution in [-0.2, 0) is 10.0 Å². The summed E-state index contributed by atoms with van der Waals surface area (Å²) in [4.78, 5) is 0. The minimum atomic E-state index is -3.21. The van der Waals surface area contributed by atoms with Gasteiger partial charge in [-0.1, -0.05) is 51.9 Å². The fourth-order valence-electron chi connectivity index (χ4n) is 1.53. The highest BCUT2D eigenvalue weighted by Gasteiger charge is 2.05. The van der Waals surface area contributed by atoms with Crippen LogP contribution in [0, 0.1) is 0 Å². The second-order valence-corrected chi connectivity index (χ2v) is 6.48. The number of rotatable bonds is 11. The third kappa shape index (κ3) is 10.7. The molecule has 0 unspecified atom stereocenters. The van der Waals surface area contributed by atoms with Gasteiger partial charge in [0, 0.05) is 6.54 Å². The van der Waals surface area contributed by atoms with Gasteiger partial charge in [-0.2, -0.15) is 0 Å². The summed E-state index contributed by atoms with van der Waals surface area (Å²) in [5.74, 6) is 0. The van der Waals surface area contributed by atoms with Gasteiger partial charge in [0.05, 0.1) is 0 Å². The van der Waals surface area contributed by atoms with E-state index in [1.54, 1.807) is 0 Å². The summed E-state index contributed by atoms with van der Waals surface area (Å²) in [6.45, 7) is 2.73. The number of hydrogen-bond acceptors (Lipinski definition) is 2. The highest BCUT2D eigenvalue weighted by Crippen LogP contribution is 2.07. The number of sulfonamides is 1. The molecular formula is C11H24ClNO2S. The summed E-state index contributed by atoms with van der Waals surface area (Å²) < 4.78 is 24.4. The standard InChI is InChI=1S/C11H24ClNO2S/c1-2-3-4-5-6-7-8-9-10-13-16(14,15)11-12/h13H,2-11H2,1H3. The molecule has 0 aromatic heterocycles. The molecule has 0 fully saturated rings. The fourth-order valence-corrected chi connectivity index (χ4v) is 2.29. The number of halogens is 1. The van der Waals surface area contributed by atoms with Crippen molar-refractivity contribution in [3.63, 3.8) is 0 Å². The second kappa shape index (κ2) is 10.4. The van der Waals surface area contributed by atoms with Crippen molar-refractivity contribution >= 4 is 21.6 Å². The molecule has 5 heteroatoms. The van der Waals surface area contributed by atoms with Crippen LogP contribution in [0.5, 0.6) is 0 Å². The van der Waals surface area contributed by atoms with Crippen molar-refractivity contribution in [3.8, 4) is 0 Å². The monoisotopic (exact) mass is 269 g/mol. The largest absolute Gasteiger partial charge is 0.225 e. The molecule has 0 bridgehead atoms. The van der Waals surface area contributed by atoms with Crippen LogP contribution in [0.2, 0.25) is 0 Å². The topological polar surface area (TPSA) is 46.2 Å². The Balaban J connectivity index is 3.16. The van der Waals surface area contributed by atoms with Gasteiger partial charge in [0.25, 0.3) is 0 Å². The third-order valence-corrected chi connectivity index (χ3v) is 4.29. The maximum atomic E-state index is 11.0. The van der Waals surface area contributed by atoms with Crippen molar-refractivity contribution in [1.82, 2.24) is 4.72 Å². The average Bonchev–Trinajstić information content (AvgIpc) is 2.27. The first-order valence-electron chi connectivity index (χ1n) is 6.15. The molecule has 0 aromatic carbocycles. The molecule has 0 saturated heterocycles. The minimum absolute atomic E-state index is 0.343. The molecule has 0 saturated carbocycles. The van der Waals surface area contributed by atoms with E-state index in [4.69, 9.17) is 11.6 Å². The Kier molecular flexibility index (Phi) is 10.5. The molecule has 16 heavy (non-hydrogen) atoms. The normalized spacial score (nSPS) is 11.9. The maximum Gasteiger partial charge on any atom is 0.225 e. The molecule has 0 aliphatic heterocycles. The zero-order chi connectivity index (χ0) is 12.3. The second-order valence-electron chi connectivity index (χ2n) is 4.09. The molecule has 0 heterocycles. The van der Waals surface area contributed by atoms with Gasteiger partial charge in [-0.05, 0) is 6.42 Å². The third-order valence-electron chi connectivity index (χ3n) is 2.50. The molecule has 3 nitrogen and oxygen atoms in total. The molecule has 0 spiro atoms. The van der Waals surface area contributed by atoms with Gasteiger partial charge in [-0.3, -0.25) is 0 Å². The van der Waals surface area contributed by atoms with Crippen molar-refractivity contribution in [2.24, 2.45) is 0 Å². The first-order valence-corrected chi connectivity index (χ1v) is 8.34. The van der Waals surface area contributed by atoms with Gasteiger partial charge in [-0.15, -0.1) is 11.6 Å². The summed E-state index contributed by atoms with van der Waals surface area (Å²) in [5, 5.41) is -0.343. The molecule has 0 rings (SSSR count). The van der Waals surface area contributed by atoms with Gasteiger partial charge in [0.1, 0.15) is 5.21 Å². The van der Waals surface area contributed by atoms with Crippen molar-refractivity contribution in [2.45, 2.75) is 58.3 Å². The van der Waals surface area contributed by atoms with Gasteiger partial charge >= 0.3 is 0 Å². The van der Waals surface area contributed by atoms with Crippen LogP contribution < -0.4 is 4.72 Å². The Bertz CT molecular complexity index is 242. The van der Waals surface area contributed by atoms with E-state index in [0.717, 1.165) is 12.8 Å². The van der Waals surface area contributed by atoms with E-state index in [-0.39, 0.29) is 5.21 Å². The molecule has 98 valence electrons. The number of nitrogens with one attached hydrogen (secondary N) is 1. The lowest BCUT2D eigenvalue weighted by molar-refractivity contribution is 0.561. The van der Waals surface area contributed by atoms with Gasteiger partial charge < -0.3 is 0 Å². The smallest absolute Gasteiger partial charge is 0.214 e. The van der Waals surface area contributed by atoms with Crippen LogP contribution in [0.25, 0.3) is 0 Å². The minimum Gasteiger partial charge on any atom is -0.214 e. The zero-order valence-electron chi connectivity index (χ0n) is 10.2. The van der Waals surface area contributed by atoms with E-state index in [9.17, 15) is 8.42 Å². The Hall–Kier alpha value is 0.200. The fraction of sp³-hybridized carbons (Fsp3) is 1.00. The van der Waals surface area contributed by atoms with Crippen LogP contribution in [-0.4, -0.2) is 20.2 Å². The summed E-state index contributed by atoms with van der Waals surface area (Å²) in [7, 11) is -3.21. The number of hydrogen-bond donors (Lipinski definition) is 1. The van der Waals surface area contributed by atoms with Crippen LogP contribution in [0.15, 0.2) is 0 Å². The van der Waals surface area contributed by atoms with Crippen LogP contribution in [0.1, 0.15) is 58.3 Å². The van der Waals surface area contributed by atoms with Gasteiger partial charge in [0.15, 0.2) is 0 Å². The quantitative estimate of drug-likeness (QED) is 0.462. The lowest BCUT2D eigenvalue weighted by atomic mass is 10.1. The van der Waals surface area contributed by atoms with Gasteiger partial charge in [0.2, 0.25) is 10.0 Å². The van der Waals surface area contributed by atoms with Crippen molar-refractivity contribution < 1.29 is 8.42 Å². The summed E-state index contributed by atoms with van der Waals surface area (Å²) >= 11 is 5.25. The first kappa shape index (κ1) is 16.2. The van der Waals surface area contributed by atoms with E-state index >= 15 is 0 Å². The number of alkyl halides is 1. The molecule has 0 aromatic rings. The zero-order valence-corrected chi connectivity index (χ0v) is 11.7. The highest BCUT2D eigenvalue weighted by atomic mass is 35.5. The molecule has 0 aliphatic carbocycles. The maximum absolute atomic E-state index is 11.0. The van der Waals surface area contributed by atoms with E-state index < -0.39 is 10.0 Å². The lowest BCUT2D eigenvalue weighted by Crippen LogP contribution is -2.25. The van der Waals surface area contributed by atoms with E-state index in [0.29, 0.717) is 6.54 Å². The van der Waals surface area contributed by atoms with Crippen LogP contribution >= 0.6 is 11.6 Å². The molecule has 0 radical (unpaired) electrons. The average molecular weight is 270 g/mol. The summed E-state index contributed by atoms with van der Waals surface area (Å²) in [6, 6.07) is 0. The molecule has 0 amide bonds. The van der Waals surface area contributed by atoms with Crippen LogP contribution in [0.3, 0.4) is 0 Å².